The Morgan fingerprint density at radius 2 is 2.17 bits per heavy atom. The highest BCUT2D eigenvalue weighted by Crippen LogP contribution is 2.27. The number of nitrogens with zero attached hydrogens (tertiary/aromatic N) is 2. The van der Waals surface area contributed by atoms with E-state index in [1.165, 1.54) is 0 Å². The van der Waals surface area contributed by atoms with Crippen LogP contribution >= 0.6 is 0 Å². The minimum absolute atomic E-state index is 0.0141. The number of nitrogens with one attached hydrogen (secondary N) is 1. The number of para-hydroxylation sites is 1. The Hall–Kier alpha value is -2.56. The summed E-state index contributed by atoms with van der Waals surface area (Å²) in [6.45, 7) is 4.38. The van der Waals surface area contributed by atoms with Gasteiger partial charge in [0.2, 0.25) is 5.91 Å². The van der Waals surface area contributed by atoms with Gasteiger partial charge < -0.3 is 14.3 Å². The van der Waals surface area contributed by atoms with E-state index >= 15 is 0 Å². The molecule has 1 aromatic carbocycles. The summed E-state index contributed by atoms with van der Waals surface area (Å²) in [4.78, 5) is 16.7. The van der Waals surface area contributed by atoms with Crippen LogP contribution < -0.4 is 5.32 Å². The van der Waals surface area contributed by atoms with Crippen LogP contribution in [0.15, 0.2) is 41.1 Å². The van der Waals surface area contributed by atoms with Crippen molar-refractivity contribution in [1.29, 1.82) is 0 Å². The lowest BCUT2D eigenvalue weighted by Crippen LogP contribution is -2.27. The fourth-order valence-electron chi connectivity index (χ4n) is 2.95. The molecule has 0 saturated carbocycles. The molecule has 3 aromatic rings. The summed E-state index contributed by atoms with van der Waals surface area (Å²) in [6.07, 6.45) is 5.53. The maximum absolute atomic E-state index is 12.5. The van der Waals surface area contributed by atoms with Gasteiger partial charge in [-0.15, -0.1) is 0 Å². The van der Waals surface area contributed by atoms with Crippen LogP contribution in [0, 0.1) is 0 Å². The molecule has 5 heteroatoms. The Balaban J connectivity index is 1.69. The first-order chi connectivity index (χ1) is 11.6. The Kier molecular flexibility index (Phi) is 4.69. The summed E-state index contributed by atoms with van der Waals surface area (Å²) >= 11 is 0. The zero-order valence-electron chi connectivity index (χ0n) is 14.4. The van der Waals surface area contributed by atoms with E-state index in [1.807, 2.05) is 32.3 Å². The molecular formula is C19H23N3O2. The molecule has 1 atom stereocenters. The van der Waals surface area contributed by atoms with Crippen molar-refractivity contribution < 1.29 is 9.21 Å². The smallest absolute Gasteiger partial charge is 0.227 e. The predicted octanol–water partition coefficient (Wildman–Crippen LogP) is 3.54. The molecule has 0 aliphatic heterocycles. The summed E-state index contributed by atoms with van der Waals surface area (Å²) < 4.78 is 7.66. The molecule has 0 bridgehead atoms. The third-order valence-corrected chi connectivity index (χ3v) is 4.29. The van der Waals surface area contributed by atoms with E-state index in [1.54, 1.807) is 6.20 Å². The van der Waals surface area contributed by atoms with E-state index in [4.69, 9.17) is 4.42 Å². The normalized spacial score (nSPS) is 12.5. The van der Waals surface area contributed by atoms with Crippen LogP contribution in [0.3, 0.4) is 0 Å². The van der Waals surface area contributed by atoms with Crippen molar-refractivity contribution in [2.24, 2.45) is 7.05 Å². The van der Waals surface area contributed by atoms with Crippen LogP contribution in [0.4, 0.5) is 0 Å². The number of carbonyl (C=O) groups is 1. The van der Waals surface area contributed by atoms with Crippen molar-refractivity contribution in [2.45, 2.75) is 39.2 Å². The van der Waals surface area contributed by atoms with Crippen molar-refractivity contribution in [3.8, 4) is 0 Å². The van der Waals surface area contributed by atoms with Crippen molar-refractivity contribution >= 4 is 16.8 Å². The molecule has 1 amide bonds. The van der Waals surface area contributed by atoms with Crippen LogP contribution in [0.2, 0.25) is 0 Å². The van der Waals surface area contributed by atoms with Crippen LogP contribution in [-0.2, 0) is 24.8 Å². The second kappa shape index (κ2) is 6.91. The summed E-state index contributed by atoms with van der Waals surface area (Å²) in [7, 11) is 2.00. The largest absolute Gasteiger partial charge is 0.444 e. The fraction of sp³-hybridized carbons (Fsp3) is 0.368. The Labute approximate surface area is 141 Å². The second-order valence-electron chi connectivity index (χ2n) is 6.12. The monoisotopic (exact) mass is 325 g/mol. The summed E-state index contributed by atoms with van der Waals surface area (Å²) in [5.41, 5.74) is 2.17. The zero-order valence-corrected chi connectivity index (χ0v) is 14.4. The van der Waals surface area contributed by atoms with Gasteiger partial charge >= 0.3 is 0 Å². The van der Waals surface area contributed by atoms with Gasteiger partial charge in [-0.25, -0.2) is 4.98 Å². The average Bonchev–Trinajstić information content (AvgIpc) is 3.17. The van der Waals surface area contributed by atoms with Gasteiger partial charge in [0.25, 0.3) is 0 Å². The van der Waals surface area contributed by atoms with Crippen LogP contribution in [0.1, 0.15) is 43.4 Å². The van der Waals surface area contributed by atoms with Crippen molar-refractivity contribution in [3.63, 3.8) is 0 Å². The van der Waals surface area contributed by atoms with E-state index in [-0.39, 0.29) is 11.8 Å². The van der Waals surface area contributed by atoms with Crippen molar-refractivity contribution in [2.75, 3.05) is 0 Å². The lowest BCUT2D eigenvalue weighted by Gasteiger charge is -2.10. The van der Waals surface area contributed by atoms with E-state index in [0.717, 1.165) is 35.2 Å². The molecule has 0 aliphatic carbocycles. The zero-order chi connectivity index (χ0) is 17.1. The fourth-order valence-corrected chi connectivity index (χ4v) is 2.95. The van der Waals surface area contributed by atoms with Crippen molar-refractivity contribution in [1.82, 2.24) is 14.9 Å². The highest BCUT2D eigenvalue weighted by Gasteiger charge is 2.20. The molecule has 0 fully saturated rings. The van der Waals surface area contributed by atoms with Gasteiger partial charge in [0.15, 0.2) is 5.89 Å². The Bertz CT molecular complexity index is 847. The molecule has 0 spiro atoms. The molecular weight excluding hydrogens is 302 g/mol. The molecule has 0 radical (unpaired) electrons. The van der Waals surface area contributed by atoms with E-state index in [0.29, 0.717) is 12.3 Å². The highest BCUT2D eigenvalue weighted by molar-refractivity contribution is 5.92. The number of amides is 1. The number of carbonyl (C=O) groups excluding carboxylic acids is 1. The van der Waals surface area contributed by atoms with Gasteiger partial charge in [-0.1, -0.05) is 25.1 Å². The van der Waals surface area contributed by atoms with Gasteiger partial charge in [-0.3, -0.25) is 4.79 Å². The average molecular weight is 325 g/mol. The number of aromatic nitrogens is 2. The third-order valence-electron chi connectivity index (χ3n) is 4.29. The molecule has 126 valence electrons. The molecule has 1 N–H and O–H groups in total. The third kappa shape index (κ3) is 3.20. The number of benzene rings is 1. The lowest BCUT2D eigenvalue weighted by atomic mass is 10.00. The SMILES string of the molecule is CCCc1ncc(CNC(=O)C(C)c2cn(C)c3ccccc23)o1. The number of oxazole rings is 1. The number of rotatable bonds is 6. The maximum Gasteiger partial charge on any atom is 0.227 e. The molecule has 24 heavy (non-hydrogen) atoms. The predicted molar refractivity (Wildman–Crippen MR) is 93.7 cm³/mol. The minimum Gasteiger partial charge on any atom is -0.444 e. The van der Waals surface area contributed by atoms with Crippen molar-refractivity contribution in [3.05, 3.63) is 53.9 Å². The quantitative estimate of drug-likeness (QED) is 0.754. The first-order valence-corrected chi connectivity index (χ1v) is 8.35. The van der Waals surface area contributed by atoms with Crippen LogP contribution in [0.5, 0.6) is 0 Å². The molecule has 5 nitrogen and oxygen atoms in total. The van der Waals surface area contributed by atoms with E-state index < -0.39 is 0 Å². The molecule has 0 saturated heterocycles. The Morgan fingerprint density at radius 3 is 2.96 bits per heavy atom. The lowest BCUT2D eigenvalue weighted by molar-refractivity contribution is -0.122. The summed E-state index contributed by atoms with van der Waals surface area (Å²) in [5.74, 6) is 1.18. The number of fused-ring (bicyclic) bond motifs is 1. The number of hydrogen-bond donors (Lipinski definition) is 1. The van der Waals surface area contributed by atoms with Crippen LogP contribution in [0.25, 0.3) is 10.9 Å². The maximum atomic E-state index is 12.5. The summed E-state index contributed by atoms with van der Waals surface area (Å²) in [5, 5.41) is 4.06. The van der Waals surface area contributed by atoms with Crippen LogP contribution in [-0.4, -0.2) is 15.5 Å². The number of hydrogen-bond acceptors (Lipinski definition) is 3. The Morgan fingerprint density at radius 1 is 1.38 bits per heavy atom. The topological polar surface area (TPSA) is 60.1 Å². The second-order valence-corrected chi connectivity index (χ2v) is 6.12. The van der Waals surface area contributed by atoms with E-state index in [2.05, 4.69) is 33.9 Å². The molecule has 0 aliphatic rings. The molecule has 1 unspecified atom stereocenters. The molecule has 3 rings (SSSR count). The number of aryl methyl sites for hydroxylation is 2. The first kappa shape index (κ1) is 16.3. The van der Waals surface area contributed by atoms with Gasteiger partial charge in [0.05, 0.1) is 18.7 Å². The highest BCUT2D eigenvalue weighted by atomic mass is 16.4. The minimum atomic E-state index is -0.228. The van der Waals surface area contributed by atoms with Gasteiger partial charge in [-0.2, -0.15) is 0 Å². The summed E-state index contributed by atoms with van der Waals surface area (Å²) in [6, 6.07) is 8.13. The van der Waals surface area contributed by atoms with Gasteiger partial charge in [0, 0.05) is 30.6 Å². The molecule has 2 aromatic heterocycles. The first-order valence-electron chi connectivity index (χ1n) is 8.35. The standard InChI is InChI=1S/C19H23N3O2/c1-4-7-18-20-10-14(24-18)11-21-19(23)13(2)16-12-22(3)17-9-6-5-8-15(16)17/h5-6,8-10,12-13H,4,7,11H2,1-3H3,(H,21,23). The van der Waals surface area contributed by atoms with E-state index in [9.17, 15) is 4.79 Å². The molecule has 2 heterocycles. The van der Waals surface area contributed by atoms with Gasteiger partial charge in [-0.05, 0) is 25.0 Å². The van der Waals surface area contributed by atoms with Gasteiger partial charge in [0.1, 0.15) is 5.76 Å².